The van der Waals surface area contributed by atoms with Gasteiger partial charge in [-0.1, -0.05) is 31.2 Å². The topological polar surface area (TPSA) is 77.8 Å². The largest absolute Gasteiger partial charge is 0.481 e. The number of aliphatic carboxylic acids is 2. The number of benzene rings is 1. The second-order valence-electron chi connectivity index (χ2n) is 6.22. The molecule has 1 heterocycles. The Balaban J connectivity index is 1.81. The number of hydrogen-bond acceptors (Lipinski definition) is 3. The molecule has 0 aromatic heterocycles. The Morgan fingerprint density at radius 1 is 1.10 bits per heavy atom. The normalized spacial score (nSPS) is 30.9. The number of carbonyl (C=O) groups is 2. The molecule has 5 heteroatoms. The van der Waals surface area contributed by atoms with Gasteiger partial charge in [-0.2, -0.15) is 0 Å². The van der Waals surface area contributed by atoms with Gasteiger partial charge in [-0.05, 0) is 24.0 Å². The van der Waals surface area contributed by atoms with Gasteiger partial charge in [0.05, 0.1) is 10.8 Å². The fraction of sp³-hybridized carbons (Fsp3) is 0.500. The minimum absolute atomic E-state index is 0.261. The molecule has 0 spiro atoms. The summed E-state index contributed by atoms with van der Waals surface area (Å²) in [5.74, 6) is -1.95. The molecule has 0 bridgehead atoms. The molecule has 3 rings (SSSR count). The van der Waals surface area contributed by atoms with Gasteiger partial charge >= 0.3 is 11.9 Å². The lowest BCUT2D eigenvalue weighted by Gasteiger charge is -2.21. The van der Waals surface area contributed by atoms with E-state index < -0.39 is 22.8 Å². The molecule has 21 heavy (non-hydrogen) atoms. The molecule has 0 amide bonds. The number of fused-ring (bicyclic) bond motifs is 1. The lowest BCUT2D eigenvalue weighted by molar-refractivity contribution is -0.151. The number of piperidine rings is 1. The zero-order valence-corrected chi connectivity index (χ0v) is 12.0. The Morgan fingerprint density at radius 2 is 1.62 bits per heavy atom. The highest BCUT2D eigenvalue weighted by Gasteiger charge is 2.80. The molecule has 2 N–H and O–H groups in total. The molecular weight excluding hydrogens is 270 g/mol. The van der Waals surface area contributed by atoms with Gasteiger partial charge in [0.2, 0.25) is 0 Å². The Morgan fingerprint density at radius 3 is 2.10 bits per heavy atom. The first-order valence-corrected chi connectivity index (χ1v) is 7.21. The fourth-order valence-corrected chi connectivity index (χ4v) is 3.81. The highest BCUT2D eigenvalue weighted by atomic mass is 16.4. The molecule has 1 saturated heterocycles. The first-order valence-electron chi connectivity index (χ1n) is 7.21. The number of likely N-dealkylation sites (tertiary alicyclic amines) is 1. The lowest BCUT2D eigenvalue weighted by Crippen LogP contribution is -2.28. The van der Waals surface area contributed by atoms with Crippen molar-refractivity contribution in [2.45, 2.75) is 26.3 Å². The average molecular weight is 289 g/mol. The zero-order valence-electron chi connectivity index (χ0n) is 12.0. The van der Waals surface area contributed by atoms with Crippen LogP contribution in [0, 0.1) is 10.8 Å². The Labute approximate surface area is 123 Å². The van der Waals surface area contributed by atoms with Gasteiger partial charge in [0.1, 0.15) is 0 Å². The van der Waals surface area contributed by atoms with E-state index in [-0.39, 0.29) is 6.42 Å². The van der Waals surface area contributed by atoms with E-state index in [0.717, 1.165) is 12.0 Å². The van der Waals surface area contributed by atoms with Crippen molar-refractivity contribution >= 4 is 11.9 Å². The third-order valence-corrected chi connectivity index (χ3v) is 5.09. The smallest absolute Gasteiger partial charge is 0.312 e. The second-order valence-corrected chi connectivity index (χ2v) is 6.22. The van der Waals surface area contributed by atoms with Crippen molar-refractivity contribution in [3.8, 4) is 0 Å². The molecule has 1 saturated carbocycles. The monoisotopic (exact) mass is 289 g/mol. The number of hydrogen-bond donors (Lipinski definition) is 2. The van der Waals surface area contributed by atoms with Crippen molar-refractivity contribution in [2.75, 3.05) is 13.1 Å². The minimum Gasteiger partial charge on any atom is -0.481 e. The van der Waals surface area contributed by atoms with Crippen LogP contribution in [0.5, 0.6) is 0 Å². The summed E-state index contributed by atoms with van der Waals surface area (Å²) in [7, 11) is 0. The summed E-state index contributed by atoms with van der Waals surface area (Å²) in [6.45, 7) is 3.35. The van der Waals surface area contributed by atoms with E-state index in [1.807, 2.05) is 23.1 Å². The molecule has 2 fully saturated rings. The zero-order chi connectivity index (χ0) is 15.3. The maximum atomic E-state index is 11.5. The number of carboxylic acids is 2. The SMILES string of the molecule is CCc1ccccc1CN1C[C@@]2(C(=O)O)C[C@@]2(C(=O)O)C1. The summed E-state index contributed by atoms with van der Waals surface area (Å²) in [4.78, 5) is 25.0. The van der Waals surface area contributed by atoms with Gasteiger partial charge < -0.3 is 10.2 Å². The molecule has 2 atom stereocenters. The molecule has 1 aromatic rings. The van der Waals surface area contributed by atoms with Crippen LogP contribution in [0.3, 0.4) is 0 Å². The maximum absolute atomic E-state index is 11.5. The van der Waals surface area contributed by atoms with E-state index in [0.29, 0.717) is 19.6 Å². The van der Waals surface area contributed by atoms with Crippen LogP contribution in [0.1, 0.15) is 24.5 Å². The van der Waals surface area contributed by atoms with Gasteiger partial charge in [0, 0.05) is 19.6 Å². The molecular formula is C16H19NO4. The van der Waals surface area contributed by atoms with Crippen LogP contribution in [0.15, 0.2) is 24.3 Å². The molecule has 2 aliphatic rings. The van der Waals surface area contributed by atoms with Crippen LogP contribution >= 0.6 is 0 Å². The van der Waals surface area contributed by atoms with Crippen LogP contribution in [0.25, 0.3) is 0 Å². The van der Waals surface area contributed by atoms with E-state index in [9.17, 15) is 19.8 Å². The highest BCUT2D eigenvalue weighted by molar-refractivity contribution is 5.94. The van der Waals surface area contributed by atoms with Gasteiger partial charge in [-0.3, -0.25) is 14.5 Å². The van der Waals surface area contributed by atoms with Crippen molar-refractivity contribution in [1.82, 2.24) is 4.90 Å². The number of aryl methyl sites for hydroxylation is 1. The van der Waals surface area contributed by atoms with E-state index in [1.54, 1.807) is 0 Å². The quantitative estimate of drug-likeness (QED) is 0.861. The van der Waals surface area contributed by atoms with Crippen LogP contribution in [-0.4, -0.2) is 40.1 Å². The van der Waals surface area contributed by atoms with Crippen molar-refractivity contribution < 1.29 is 19.8 Å². The maximum Gasteiger partial charge on any atom is 0.312 e. The molecule has 1 aromatic carbocycles. The van der Waals surface area contributed by atoms with Crippen LogP contribution in [0.4, 0.5) is 0 Å². The van der Waals surface area contributed by atoms with Gasteiger partial charge in [-0.15, -0.1) is 0 Å². The number of carboxylic acid groups (broad SMARTS) is 2. The predicted molar refractivity (Wildman–Crippen MR) is 75.9 cm³/mol. The van der Waals surface area contributed by atoms with Crippen LogP contribution in [-0.2, 0) is 22.6 Å². The Kier molecular flexibility index (Phi) is 3.06. The molecule has 1 aliphatic carbocycles. The molecule has 112 valence electrons. The van der Waals surface area contributed by atoms with Gasteiger partial charge in [0.25, 0.3) is 0 Å². The molecule has 0 unspecified atom stereocenters. The van der Waals surface area contributed by atoms with E-state index in [4.69, 9.17) is 0 Å². The highest BCUT2D eigenvalue weighted by Crippen LogP contribution is 2.68. The standard InChI is InChI=1S/C16H19NO4/c1-2-11-5-3-4-6-12(11)7-17-9-15(13(18)19)8-16(15,10-17)14(20)21/h3-6H,2,7-10H2,1H3,(H,18,19)(H,20,21)/t15-,16+. The third kappa shape index (κ3) is 1.87. The van der Waals surface area contributed by atoms with Crippen molar-refractivity contribution in [3.63, 3.8) is 0 Å². The van der Waals surface area contributed by atoms with Crippen LogP contribution < -0.4 is 0 Å². The Bertz CT molecular complexity index is 586. The van der Waals surface area contributed by atoms with Crippen molar-refractivity contribution in [1.29, 1.82) is 0 Å². The van der Waals surface area contributed by atoms with Crippen LogP contribution in [0.2, 0.25) is 0 Å². The van der Waals surface area contributed by atoms with E-state index >= 15 is 0 Å². The summed E-state index contributed by atoms with van der Waals surface area (Å²) < 4.78 is 0. The predicted octanol–water partition coefficient (Wildman–Crippen LogP) is 1.61. The minimum atomic E-state index is -1.08. The average Bonchev–Trinajstić information content (AvgIpc) is 2.99. The fourth-order valence-electron chi connectivity index (χ4n) is 3.81. The molecule has 0 radical (unpaired) electrons. The Hall–Kier alpha value is -1.88. The summed E-state index contributed by atoms with van der Waals surface area (Å²) in [6, 6.07) is 8.04. The lowest BCUT2D eigenvalue weighted by atomic mass is 9.97. The third-order valence-electron chi connectivity index (χ3n) is 5.09. The van der Waals surface area contributed by atoms with Gasteiger partial charge in [-0.25, -0.2) is 0 Å². The second kappa shape index (κ2) is 4.56. The molecule has 5 nitrogen and oxygen atoms in total. The van der Waals surface area contributed by atoms with Gasteiger partial charge in [0.15, 0.2) is 0 Å². The van der Waals surface area contributed by atoms with Crippen molar-refractivity contribution in [2.24, 2.45) is 10.8 Å². The molecule has 1 aliphatic heterocycles. The summed E-state index contributed by atoms with van der Waals surface area (Å²) >= 11 is 0. The number of rotatable bonds is 5. The van der Waals surface area contributed by atoms with Crippen molar-refractivity contribution in [3.05, 3.63) is 35.4 Å². The number of nitrogens with zero attached hydrogens (tertiary/aromatic N) is 1. The summed E-state index contributed by atoms with van der Waals surface area (Å²) in [6.07, 6.45) is 1.18. The summed E-state index contributed by atoms with van der Waals surface area (Å²) in [5, 5.41) is 18.8. The summed E-state index contributed by atoms with van der Waals surface area (Å²) in [5.41, 5.74) is 0.217. The first kappa shape index (κ1) is 14.1. The van der Waals surface area contributed by atoms with E-state index in [1.165, 1.54) is 5.56 Å². The first-order chi connectivity index (χ1) is 9.95. The van der Waals surface area contributed by atoms with E-state index in [2.05, 4.69) is 13.0 Å².